The van der Waals surface area contributed by atoms with Crippen molar-refractivity contribution < 1.29 is 14.8 Å². The third-order valence-electron chi connectivity index (χ3n) is 3.35. The molecule has 3 nitrogen and oxygen atoms in total. The molecule has 1 unspecified atom stereocenters. The molecule has 21 heavy (non-hydrogen) atoms. The van der Waals surface area contributed by atoms with E-state index in [-0.39, 0.29) is 6.54 Å². The first-order valence-corrected chi connectivity index (χ1v) is 7.33. The zero-order chi connectivity index (χ0) is 15.1. The van der Waals surface area contributed by atoms with E-state index in [0.717, 1.165) is 23.4 Å². The lowest BCUT2D eigenvalue weighted by molar-refractivity contribution is -0.908. The van der Waals surface area contributed by atoms with Gasteiger partial charge >= 0.3 is 0 Å². The Kier molecular flexibility index (Phi) is 5.78. The number of rotatable bonds is 7. The summed E-state index contributed by atoms with van der Waals surface area (Å²) in [6, 6.07) is 17.6. The van der Waals surface area contributed by atoms with Gasteiger partial charge in [-0.25, -0.2) is 0 Å². The number of hydrogen-bond donors (Lipinski definition) is 1. The lowest BCUT2D eigenvalue weighted by Crippen LogP contribution is -3.12. The molecule has 1 N–H and O–H groups in total. The van der Waals surface area contributed by atoms with Gasteiger partial charge in [0.1, 0.15) is 13.1 Å². The first-order valence-electron chi connectivity index (χ1n) is 6.95. The molecular weight excluding hydrogens is 286 g/mol. The smallest absolute Gasteiger partial charge is 0.118 e. The molecule has 0 aliphatic rings. The van der Waals surface area contributed by atoms with Crippen molar-refractivity contribution in [2.75, 3.05) is 13.1 Å². The first-order chi connectivity index (χ1) is 10.1. The molecule has 0 aromatic heterocycles. The lowest BCUT2D eigenvalue weighted by Gasteiger charge is -2.20. The summed E-state index contributed by atoms with van der Waals surface area (Å²) in [6.07, 6.45) is 0.837. The average molecular weight is 304 g/mol. The van der Waals surface area contributed by atoms with Gasteiger partial charge in [0.15, 0.2) is 0 Å². The number of carboxylic acid groups (broad SMARTS) is 1. The molecule has 0 bridgehead atoms. The normalized spacial score (nSPS) is 12.0. The van der Waals surface area contributed by atoms with E-state index in [1.54, 1.807) is 0 Å². The Bertz CT molecular complexity index is 586. The number of carbonyl (C=O) groups is 1. The van der Waals surface area contributed by atoms with Crippen molar-refractivity contribution in [2.24, 2.45) is 0 Å². The van der Waals surface area contributed by atoms with E-state index >= 15 is 0 Å². The number of benzene rings is 2. The van der Waals surface area contributed by atoms with Gasteiger partial charge in [-0.2, -0.15) is 0 Å². The van der Waals surface area contributed by atoms with Crippen molar-refractivity contribution in [3.63, 3.8) is 0 Å². The van der Waals surface area contributed by atoms with Gasteiger partial charge in [-0.15, -0.1) is 0 Å². The molecule has 0 aliphatic carbocycles. The summed E-state index contributed by atoms with van der Waals surface area (Å²) in [5.74, 6) is -1.03. The molecule has 0 amide bonds. The van der Waals surface area contributed by atoms with Crippen LogP contribution in [-0.2, 0) is 17.8 Å². The van der Waals surface area contributed by atoms with Crippen LogP contribution in [0, 0.1) is 0 Å². The molecule has 2 aromatic rings. The van der Waals surface area contributed by atoms with Crippen LogP contribution in [0.15, 0.2) is 54.6 Å². The molecular formula is C17H18ClNO2. The summed E-state index contributed by atoms with van der Waals surface area (Å²) in [4.78, 5) is 11.9. The van der Waals surface area contributed by atoms with Crippen LogP contribution in [-0.4, -0.2) is 19.1 Å². The van der Waals surface area contributed by atoms with Gasteiger partial charge < -0.3 is 14.8 Å². The van der Waals surface area contributed by atoms with E-state index in [0.29, 0.717) is 11.6 Å². The third-order valence-corrected chi connectivity index (χ3v) is 3.58. The zero-order valence-corrected chi connectivity index (χ0v) is 12.5. The molecule has 1 atom stereocenters. The van der Waals surface area contributed by atoms with Gasteiger partial charge in [0.05, 0.1) is 12.5 Å². The molecule has 110 valence electrons. The number of halogens is 1. The van der Waals surface area contributed by atoms with Crippen molar-refractivity contribution in [2.45, 2.75) is 13.0 Å². The molecule has 0 aliphatic heterocycles. The second-order valence-corrected chi connectivity index (χ2v) is 5.53. The molecule has 0 radical (unpaired) electrons. The Morgan fingerprint density at radius 2 is 1.76 bits per heavy atom. The minimum Gasteiger partial charge on any atom is -0.544 e. The summed E-state index contributed by atoms with van der Waals surface area (Å²) in [5, 5.41) is 11.6. The second kappa shape index (κ2) is 7.81. The van der Waals surface area contributed by atoms with Crippen LogP contribution < -0.4 is 10.0 Å². The summed E-state index contributed by atoms with van der Waals surface area (Å²) in [5.41, 5.74) is 2.24. The SMILES string of the molecule is O=C([O-])C[NH+](CCc1ccccc1)Cc1cccc(Cl)c1. The average Bonchev–Trinajstić information content (AvgIpc) is 2.45. The highest BCUT2D eigenvalue weighted by atomic mass is 35.5. The highest BCUT2D eigenvalue weighted by molar-refractivity contribution is 6.30. The predicted molar refractivity (Wildman–Crippen MR) is 81.0 cm³/mol. The maximum absolute atomic E-state index is 10.9. The van der Waals surface area contributed by atoms with Crippen LogP contribution in [0.3, 0.4) is 0 Å². The summed E-state index contributed by atoms with van der Waals surface area (Å²) in [7, 11) is 0. The fourth-order valence-electron chi connectivity index (χ4n) is 2.34. The van der Waals surface area contributed by atoms with Gasteiger partial charge in [-0.1, -0.05) is 54.1 Å². The number of nitrogens with one attached hydrogen (secondary N) is 1. The monoisotopic (exact) mass is 303 g/mol. The summed E-state index contributed by atoms with van der Waals surface area (Å²) >= 11 is 5.97. The highest BCUT2D eigenvalue weighted by Gasteiger charge is 2.10. The fraction of sp³-hybridized carbons (Fsp3) is 0.235. The summed E-state index contributed by atoms with van der Waals surface area (Å²) < 4.78 is 0. The molecule has 0 fully saturated rings. The number of aliphatic carboxylic acids is 1. The van der Waals surface area contributed by atoms with Gasteiger partial charge in [-0.3, -0.25) is 0 Å². The van der Waals surface area contributed by atoms with E-state index in [1.165, 1.54) is 5.56 Å². The Morgan fingerprint density at radius 3 is 2.43 bits per heavy atom. The number of carbonyl (C=O) groups excluding carboxylic acids is 1. The van der Waals surface area contributed by atoms with E-state index < -0.39 is 5.97 Å². The Morgan fingerprint density at radius 1 is 1.05 bits per heavy atom. The molecule has 2 aromatic carbocycles. The highest BCUT2D eigenvalue weighted by Crippen LogP contribution is 2.09. The van der Waals surface area contributed by atoms with Crippen molar-refractivity contribution in [3.8, 4) is 0 Å². The van der Waals surface area contributed by atoms with Crippen molar-refractivity contribution in [1.29, 1.82) is 0 Å². The maximum Gasteiger partial charge on any atom is 0.118 e. The topological polar surface area (TPSA) is 44.6 Å². The minimum atomic E-state index is -1.03. The molecule has 0 spiro atoms. The molecule has 0 saturated carbocycles. The quantitative estimate of drug-likeness (QED) is 0.819. The van der Waals surface area contributed by atoms with Crippen LogP contribution in [0.4, 0.5) is 0 Å². The van der Waals surface area contributed by atoms with Crippen molar-refractivity contribution in [3.05, 3.63) is 70.7 Å². The van der Waals surface area contributed by atoms with Crippen LogP contribution >= 0.6 is 11.6 Å². The fourth-order valence-corrected chi connectivity index (χ4v) is 2.56. The number of quaternary nitrogens is 1. The van der Waals surface area contributed by atoms with E-state index in [9.17, 15) is 9.90 Å². The molecule has 0 saturated heterocycles. The molecule has 4 heteroatoms. The first kappa shape index (κ1) is 15.5. The van der Waals surface area contributed by atoms with Gasteiger partial charge in [-0.05, 0) is 17.7 Å². The Labute approximate surface area is 129 Å². The van der Waals surface area contributed by atoms with Crippen LogP contribution in [0.2, 0.25) is 5.02 Å². The molecule has 0 heterocycles. The predicted octanol–water partition coefficient (Wildman–Crippen LogP) is 0.718. The van der Waals surface area contributed by atoms with Crippen molar-refractivity contribution >= 4 is 17.6 Å². The van der Waals surface area contributed by atoms with Crippen LogP contribution in [0.5, 0.6) is 0 Å². The van der Waals surface area contributed by atoms with Crippen LogP contribution in [0.25, 0.3) is 0 Å². The number of hydrogen-bond acceptors (Lipinski definition) is 2. The van der Waals surface area contributed by atoms with E-state index in [1.807, 2.05) is 42.5 Å². The Balaban J connectivity index is 1.99. The van der Waals surface area contributed by atoms with E-state index in [4.69, 9.17) is 11.6 Å². The standard InChI is InChI=1S/C17H18ClNO2/c18-16-8-4-7-15(11-16)12-19(13-17(20)21)10-9-14-5-2-1-3-6-14/h1-8,11H,9-10,12-13H2,(H,20,21). The van der Waals surface area contributed by atoms with Gasteiger partial charge in [0.2, 0.25) is 0 Å². The minimum absolute atomic E-state index is 0.000648. The van der Waals surface area contributed by atoms with E-state index in [2.05, 4.69) is 12.1 Å². The van der Waals surface area contributed by atoms with Gasteiger partial charge in [0, 0.05) is 17.0 Å². The number of carboxylic acids is 1. The van der Waals surface area contributed by atoms with Crippen LogP contribution in [0.1, 0.15) is 11.1 Å². The maximum atomic E-state index is 10.9. The van der Waals surface area contributed by atoms with Gasteiger partial charge in [0.25, 0.3) is 0 Å². The Hall–Kier alpha value is -1.84. The third kappa shape index (κ3) is 5.58. The lowest BCUT2D eigenvalue weighted by atomic mass is 10.1. The van der Waals surface area contributed by atoms with Crippen molar-refractivity contribution in [1.82, 2.24) is 0 Å². The largest absolute Gasteiger partial charge is 0.544 e. The zero-order valence-electron chi connectivity index (χ0n) is 11.7. The second-order valence-electron chi connectivity index (χ2n) is 5.09. The summed E-state index contributed by atoms with van der Waals surface area (Å²) in [6.45, 7) is 1.37. The molecule has 2 rings (SSSR count).